The van der Waals surface area contributed by atoms with Crippen LogP contribution in [-0.4, -0.2) is 11.5 Å². The largest absolute Gasteiger partial charge is 0.487 e. The highest BCUT2D eigenvalue weighted by molar-refractivity contribution is 5.48. The number of nitrogens with zero attached hydrogens (tertiary/aromatic N) is 1. The molecule has 0 spiro atoms. The van der Waals surface area contributed by atoms with E-state index in [2.05, 4.69) is 0 Å². The van der Waals surface area contributed by atoms with E-state index in [1.54, 1.807) is 12.1 Å². The Morgan fingerprint density at radius 1 is 1.50 bits per heavy atom. The van der Waals surface area contributed by atoms with Crippen LogP contribution in [0.5, 0.6) is 5.75 Å². The molecule has 2 N–H and O–H groups in total. The maximum Gasteiger partial charge on any atom is 0.310 e. The number of unbranched alkanes of at least 4 members (excludes halogenated alkanes) is 1. The Hall–Kier alpha value is -1.62. The molecule has 16 heavy (non-hydrogen) atoms. The predicted molar refractivity (Wildman–Crippen MR) is 61.4 cm³/mol. The number of hydrogen-bond donors (Lipinski definition) is 1. The molecule has 0 fully saturated rings. The van der Waals surface area contributed by atoms with E-state index in [-0.39, 0.29) is 5.69 Å². The van der Waals surface area contributed by atoms with Gasteiger partial charge in [0.15, 0.2) is 5.75 Å². The maximum absolute atomic E-state index is 10.7. The van der Waals surface area contributed by atoms with Gasteiger partial charge in [0.1, 0.15) is 0 Å². The molecule has 0 unspecified atom stereocenters. The molecule has 0 aliphatic heterocycles. The predicted octanol–water partition coefficient (Wildman–Crippen LogP) is 2.23. The smallest absolute Gasteiger partial charge is 0.310 e. The van der Waals surface area contributed by atoms with Crippen LogP contribution in [-0.2, 0) is 6.54 Å². The number of nitro groups is 1. The number of nitrogens with two attached hydrogens (primary N) is 1. The molecule has 0 radical (unpaired) electrons. The first-order chi connectivity index (χ1) is 7.69. The van der Waals surface area contributed by atoms with Gasteiger partial charge in [0.25, 0.3) is 0 Å². The molecule has 88 valence electrons. The monoisotopic (exact) mass is 224 g/mol. The van der Waals surface area contributed by atoms with E-state index in [9.17, 15) is 10.1 Å². The van der Waals surface area contributed by atoms with Crippen LogP contribution in [0.3, 0.4) is 0 Å². The van der Waals surface area contributed by atoms with Gasteiger partial charge in [-0.15, -0.1) is 0 Å². The maximum atomic E-state index is 10.7. The first-order valence-corrected chi connectivity index (χ1v) is 5.29. The average molecular weight is 224 g/mol. The lowest BCUT2D eigenvalue weighted by Crippen LogP contribution is -2.03. The molecule has 0 aliphatic rings. The van der Waals surface area contributed by atoms with Crippen LogP contribution in [0.15, 0.2) is 18.2 Å². The Bertz CT molecular complexity index is 366. The molecule has 0 atom stereocenters. The minimum atomic E-state index is -0.443. The third-order valence-corrected chi connectivity index (χ3v) is 2.21. The molecule has 0 saturated carbocycles. The van der Waals surface area contributed by atoms with Crippen molar-refractivity contribution >= 4 is 5.69 Å². The minimum Gasteiger partial charge on any atom is -0.487 e. The Kier molecular flexibility index (Phi) is 4.72. The minimum absolute atomic E-state index is 0.00620. The summed E-state index contributed by atoms with van der Waals surface area (Å²) in [6.07, 6.45) is 1.87. The molecule has 0 aliphatic carbocycles. The van der Waals surface area contributed by atoms with Crippen LogP contribution in [0, 0.1) is 10.1 Å². The van der Waals surface area contributed by atoms with E-state index in [0.717, 1.165) is 18.4 Å². The zero-order valence-corrected chi connectivity index (χ0v) is 9.31. The standard InChI is InChI=1S/C11H16N2O3/c1-2-3-6-16-11-7-9(8-12)4-5-10(11)13(14)15/h4-5,7H,2-3,6,8,12H2,1H3. The fourth-order valence-corrected chi connectivity index (χ4v) is 1.28. The van der Waals surface area contributed by atoms with Crippen molar-refractivity contribution in [1.82, 2.24) is 0 Å². The third kappa shape index (κ3) is 3.20. The summed E-state index contributed by atoms with van der Waals surface area (Å²) in [7, 11) is 0. The summed E-state index contributed by atoms with van der Waals surface area (Å²) >= 11 is 0. The number of rotatable bonds is 6. The fourth-order valence-electron chi connectivity index (χ4n) is 1.28. The zero-order valence-electron chi connectivity index (χ0n) is 9.31. The second kappa shape index (κ2) is 6.07. The van der Waals surface area contributed by atoms with Crippen molar-refractivity contribution in [2.75, 3.05) is 6.61 Å². The molecular weight excluding hydrogens is 208 g/mol. The second-order valence-electron chi connectivity index (χ2n) is 3.47. The van der Waals surface area contributed by atoms with Crippen molar-refractivity contribution in [2.24, 2.45) is 5.73 Å². The Morgan fingerprint density at radius 3 is 2.81 bits per heavy atom. The molecule has 0 saturated heterocycles. The van der Waals surface area contributed by atoms with E-state index >= 15 is 0 Å². The van der Waals surface area contributed by atoms with Crippen molar-refractivity contribution in [3.8, 4) is 5.75 Å². The molecule has 0 amide bonds. The summed E-state index contributed by atoms with van der Waals surface area (Å²) in [6.45, 7) is 2.88. The zero-order chi connectivity index (χ0) is 12.0. The Morgan fingerprint density at radius 2 is 2.25 bits per heavy atom. The summed E-state index contributed by atoms with van der Waals surface area (Å²) in [4.78, 5) is 10.3. The lowest BCUT2D eigenvalue weighted by Gasteiger charge is -2.07. The van der Waals surface area contributed by atoms with Crippen LogP contribution in [0.2, 0.25) is 0 Å². The van der Waals surface area contributed by atoms with Crippen molar-refractivity contribution in [3.05, 3.63) is 33.9 Å². The molecule has 1 aromatic carbocycles. The molecular formula is C11H16N2O3. The van der Waals surface area contributed by atoms with Gasteiger partial charge < -0.3 is 10.5 Å². The SMILES string of the molecule is CCCCOc1cc(CN)ccc1[N+](=O)[O-]. The van der Waals surface area contributed by atoms with E-state index in [0.29, 0.717) is 18.9 Å². The van der Waals surface area contributed by atoms with Gasteiger partial charge in [0.05, 0.1) is 11.5 Å². The molecule has 5 heteroatoms. The molecule has 5 nitrogen and oxygen atoms in total. The van der Waals surface area contributed by atoms with Crippen molar-refractivity contribution in [1.29, 1.82) is 0 Å². The van der Waals surface area contributed by atoms with E-state index in [4.69, 9.17) is 10.5 Å². The van der Waals surface area contributed by atoms with Gasteiger partial charge in [0, 0.05) is 12.6 Å². The second-order valence-corrected chi connectivity index (χ2v) is 3.47. The Labute approximate surface area is 94.4 Å². The topological polar surface area (TPSA) is 78.4 Å². The number of nitro benzene ring substituents is 1. The Balaban J connectivity index is 2.87. The van der Waals surface area contributed by atoms with Gasteiger partial charge in [-0.1, -0.05) is 19.4 Å². The van der Waals surface area contributed by atoms with Crippen LogP contribution in [0.4, 0.5) is 5.69 Å². The fraction of sp³-hybridized carbons (Fsp3) is 0.455. The first-order valence-electron chi connectivity index (χ1n) is 5.29. The number of ether oxygens (including phenoxy) is 1. The highest BCUT2D eigenvalue weighted by Gasteiger charge is 2.14. The lowest BCUT2D eigenvalue weighted by atomic mass is 10.2. The molecule has 1 rings (SSSR count). The van der Waals surface area contributed by atoms with Gasteiger partial charge >= 0.3 is 5.69 Å². The highest BCUT2D eigenvalue weighted by Crippen LogP contribution is 2.27. The van der Waals surface area contributed by atoms with E-state index < -0.39 is 4.92 Å². The van der Waals surface area contributed by atoms with Gasteiger partial charge in [-0.25, -0.2) is 0 Å². The van der Waals surface area contributed by atoms with E-state index in [1.165, 1.54) is 6.07 Å². The van der Waals surface area contributed by atoms with Crippen LogP contribution in [0.25, 0.3) is 0 Å². The van der Waals surface area contributed by atoms with Crippen molar-refractivity contribution in [2.45, 2.75) is 26.3 Å². The quantitative estimate of drug-likeness (QED) is 0.456. The average Bonchev–Trinajstić information content (AvgIpc) is 2.29. The van der Waals surface area contributed by atoms with Crippen LogP contribution >= 0.6 is 0 Å². The molecule has 1 aromatic rings. The van der Waals surface area contributed by atoms with Gasteiger partial charge in [-0.3, -0.25) is 10.1 Å². The summed E-state index contributed by atoms with van der Waals surface area (Å²) < 4.78 is 5.38. The summed E-state index contributed by atoms with van der Waals surface area (Å²) in [5, 5.41) is 10.7. The lowest BCUT2D eigenvalue weighted by molar-refractivity contribution is -0.385. The van der Waals surface area contributed by atoms with E-state index in [1.807, 2.05) is 6.92 Å². The summed E-state index contributed by atoms with van der Waals surface area (Å²) in [6, 6.07) is 4.71. The normalized spacial score (nSPS) is 10.1. The molecule has 0 heterocycles. The van der Waals surface area contributed by atoms with Gasteiger partial charge in [-0.05, 0) is 18.1 Å². The van der Waals surface area contributed by atoms with Crippen molar-refractivity contribution < 1.29 is 9.66 Å². The number of hydrogen-bond acceptors (Lipinski definition) is 4. The van der Waals surface area contributed by atoms with Gasteiger partial charge in [-0.2, -0.15) is 0 Å². The molecule has 0 bridgehead atoms. The first kappa shape index (κ1) is 12.4. The summed E-state index contributed by atoms with van der Waals surface area (Å²) in [5.74, 6) is 0.307. The van der Waals surface area contributed by atoms with Gasteiger partial charge in [0.2, 0.25) is 0 Å². The van der Waals surface area contributed by atoms with Crippen molar-refractivity contribution in [3.63, 3.8) is 0 Å². The molecule has 0 aromatic heterocycles. The summed E-state index contributed by atoms with van der Waals surface area (Å²) in [5.41, 5.74) is 6.30. The highest BCUT2D eigenvalue weighted by atomic mass is 16.6. The van der Waals surface area contributed by atoms with Crippen LogP contribution < -0.4 is 10.5 Å². The third-order valence-electron chi connectivity index (χ3n) is 2.21. The van der Waals surface area contributed by atoms with Crippen LogP contribution in [0.1, 0.15) is 25.3 Å². The number of benzene rings is 1.